The number of aliphatic hydroxyl groups is 4. The number of hydrogen-bond acceptors (Lipinski definition) is 20. The van der Waals surface area contributed by atoms with Crippen LogP contribution in [0.15, 0.2) is 170 Å². The molecule has 1 fully saturated rings. The Kier molecular flexibility index (Phi) is 33.9. The van der Waals surface area contributed by atoms with Crippen LogP contribution >= 0.6 is 0 Å². The fraction of sp³-hybridized carbons (Fsp3) is 0.361. The van der Waals surface area contributed by atoms with Gasteiger partial charge in [0.2, 0.25) is 5.91 Å². The monoisotopic (exact) mass is 1370 g/mol. The molecular weight excluding hydrogens is 1280 g/mol. The summed E-state index contributed by atoms with van der Waals surface area (Å²) in [6.45, 7) is 15.1. The number of cyclic esters (lactones) is 1. The summed E-state index contributed by atoms with van der Waals surface area (Å²) in [6, 6.07) is 49.8. The summed E-state index contributed by atoms with van der Waals surface area (Å²) in [5, 5.41) is 51.8. The van der Waals surface area contributed by atoms with Crippen molar-refractivity contribution in [2.45, 2.75) is 118 Å². The number of hydrogen-bond donors (Lipinski definition) is 11. The summed E-state index contributed by atoms with van der Waals surface area (Å²) in [6.07, 6.45) is -4.39. The molecule has 9 rings (SSSR count). The predicted octanol–water partition coefficient (Wildman–Crippen LogP) is 6.45. The van der Waals surface area contributed by atoms with Crippen LogP contribution in [-0.4, -0.2) is 161 Å². The largest absolute Gasteiger partial charge is 0.463 e. The number of ether oxygens (including phenoxy) is 5. The second-order valence-electron chi connectivity index (χ2n) is 24.2. The average Bonchev–Trinajstić information content (AvgIpc) is 1.64. The minimum absolute atomic E-state index is 0.0618. The van der Waals surface area contributed by atoms with Gasteiger partial charge in [0.25, 0.3) is 23.6 Å². The zero-order valence-electron chi connectivity index (χ0n) is 56.6. The number of aliphatic hydroxyl groups excluding tert-OH is 4. The molecule has 9 amide bonds. The second kappa shape index (κ2) is 41.5. The highest BCUT2D eigenvalue weighted by molar-refractivity contribution is 6.22. The molecule has 1 saturated heterocycles. The lowest BCUT2D eigenvalue weighted by Gasteiger charge is -2.27. The number of alkyl carbamates (subject to hydrolysis) is 4. The van der Waals surface area contributed by atoms with Crippen LogP contribution in [-0.2, 0) is 59.7 Å². The zero-order chi connectivity index (χ0) is 73.1. The van der Waals surface area contributed by atoms with Crippen molar-refractivity contribution < 1.29 is 92.1 Å². The van der Waals surface area contributed by atoms with Crippen molar-refractivity contribution in [3.8, 4) is 0 Å². The minimum atomic E-state index is -1.33. The fourth-order valence-electron chi connectivity index (χ4n) is 8.39. The summed E-state index contributed by atoms with van der Waals surface area (Å²) in [5.74, 6) is -2.38. The van der Waals surface area contributed by atoms with Gasteiger partial charge in [-0.2, -0.15) is 0 Å². The number of nitrogens with zero attached hydrogens (tertiary/aromatic N) is 1. The van der Waals surface area contributed by atoms with Gasteiger partial charge in [-0.05, 0) is 74.2 Å². The van der Waals surface area contributed by atoms with Gasteiger partial charge >= 0.3 is 30.3 Å². The summed E-state index contributed by atoms with van der Waals surface area (Å²) in [5.41, 5.74) is 9.42. The van der Waals surface area contributed by atoms with E-state index in [9.17, 15) is 53.1 Å². The van der Waals surface area contributed by atoms with Crippen molar-refractivity contribution in [1.82, 2.24) is 36.8 Å². The van der Waals surface area contributed by atoms with Crippen LogP contribution in [0.2, 0.25) is 0 Å². The molecule has 27 heteroatoms. The Balaban J connectivity index is 0.000000261. The molecule has 532 valence electrons. The molecule has 6 aromatic carbocycles. The van der Waals surface area contributed by atoms with E-state index in [1.54, 1.807) is 97.0 Å². The van der Waals surface area contributed by atoms with E-state index < -0.39 is 65.3 Å². The lowest BCUT2D eigenvalue weighted by atomic mass is 9.87. The Morgan fingerprint density at radius 1 is 0.545 bits per heavy atom. The SMILES string of the molecule is CC1(C)COC(=O)[C@H]1O.C[C@H](CN)NC(=O)OCc1ccccc1.C[C@H](CN1C(=O)c2ccccc2C1=O)NC(=O)OCc1ccccc1.C[C@H](CNC(=O)[C@@H](O)C(C)(C)CO)NC(=O)OCc1ccccc1.C[C@H](CO)NC(=O)OCc1ccccc1.O=C1NC(=O)c2ccccc21. The standard InChI is InChI=1S/C19H18N2O4.C17H26N2O5.C11H16N2O2.C11H15NO3.C8H5NO2.C6H10O3/c1-13(20-19(24)25-12-14-7-3-2-4-8-14)11-21-17(22)15-9-5-6-10-16(15)18(21)23;1-12(9-18-15(22)14(21)17(2,3)11-20)19-16(23)24-10-13-7-5-4-6-8-13;1-9(7-12)13-11(14)15-8-10-5-3-2-4-6-10;1-9(7-13)12-11(14)15-8-10-5-3-2-4-6-10;10-7-5-3-1-2-4-6(5)8(11)9-7;1-6(2)3-9-5(8)4(6)7/h2-10,13H,11-12H2,1H3,(H,20,24);4-8,12,14,20-21H,9-11H2,1-3H3,(H,18,22)(H,19,23);2-6,9H,7-8,12H2,1H3,(H,13,14);2-6,9,13H,7-8H2,1H3,(H,12,14);1-4H,(H,9,10,11);4,7H,3H2,1-2H3/t13-;12-,14-;2*9-;;4-/m1111.1/s1. The molecule has 0 unspecified atom stereocenters. The van der Waals surface area contributed by atoms with Crippen LogP contribution < -0.4 is 37.6 Å². The average molecular weight is 1370 g/mol. The Labute approximate surface area is 575 Å². The Morgan fingerprint density at radius 2 is 0.879 bits per heavy atom. The maximum atomic E-state index is 12.3. The van der Waals surface area contributed by atoms with E-state index in [2.05, 4.69) is 36.6 Å². The second-order valence-corrected chi connectivity index (χ2v) is 24.2. The number of imide groups is 2. The summed E-state index contributed by atoms with van der Waals surface area (Å²) < 4.78 is 24.7. The molecule has 0 aliphatic carbocycles. The maximum absolute atomic E-state index is 12.3. The van der Waals surface area contributed by atoms with Crippen LogP contribution in [0.3, 0.4) is 0 Å². The van der Waals surface area contributed by atoms with Crippen LogP contribution in [0.25, 0.3) is 0 Å². The molecule has 0 saturated carbocycles. The van der Waals surface area contributed by atoms with Gasteiger partial charge in [0.05, 0.1) is 48.1 Å². The van der Waals surface area contributed by atoms with Gasteiger partial charge in [-0.1, -0.05) is 173 Å². The van der Waals surface area contributed by atoms with Crippen LogP contribution in [0, 0.1) is 10.8 Å². The summed E-state index contributed by atoms with van der Waals surface area (Å²) in [7, 11) is 0. The van der Waals surface area contributed by atoms with Crippen molar-refractivity contribution >= 4 is 59.9 Å². The van der Waals surface area contributed by atoms with E-state index in [4.69, 9.17) is 40.0 Å². The van der Waals surface area contributed by atoms with Crippen LogP contribution in [0.4, 0.5) is 19.2 Å². The number of carbonyl (C=O) groups is 10. The van der Waals surface area contributed by atoms with Crippen LogP contribution in [0.5, 0.6) is 0 Å². The third kappa shape index (κ3) is 28.6. The summed E-state index contributed by atoms with van der Waals surface area (Å²) >= 11 is 0. The maximum Gasteiger partial charge on any atom is 0.407 e. The first-order valence-corrected chi connectivity index (χ1v) is 31.6. The van der Waals surface area contributed by atoms with E-state index in [0.29, 0.717) is 35.4 Å². The smallest absolute Gasteiger partial charge is 0.407 e. The number of fused-ring (bicyclic) bond motifs is 2. The van der Waals surface area contributed by atoms with Gasteiger partial charge in [-0.3, -0.25) is 34.2 Å². The van der Waals surface area contributed by atoms with Crippen molar-refractivity contribution in [1.29, 1.82) is 0 Å². The summed E-state index contributed by atoms with van der Waals surface area (Å²) in [4.78, 5) is 116. The lowest BCUT2D eigenvalue weighted by Crippen LogP contribution is -2.49. The molecule has 0 radical (unpaired) electrons. The number of rotatable bonds is 21. The molecule has 12 N–H and O–H groups in total. The van der Waals surface area contributed by atoms with E-state index in [0.717, 1.165) is 27.2 Å². The van der Waals surface area contributed by atoms with Gasteiger partial charge in [-0.25, -0.2) is 24.0 Å². The Bertz CT molecular complexity index is 3440. The van der Waals surface area contributed by atoms with Crippen molar-refractivity contribution in [2.75, 3.05) is 39.5 Å². The van der Waals surface area contributed by atoms with Gasteiger partial charge in [0, 0.05) is 48.6 Å². The Morgan fingerprint density at radius 3 is 1.19 bits per heavy atom. The molecule has 0 bridgehead atoms. The topological polar surface area (TPSA) is 399 Å². The van der Waals surface area contributed by atoms with Crippen molar-refractivity contribution in [3.63, 3.8) is 0 Å². The van der Waals surface area contributed by atoms with Gasteiger partial charge in [0.15, 0.2) is 6.10 Å². The molecule has 0 spiro atoms. The highest BCUT2D eigenvalue weighted by atomic mass is 16.6. The third-order valence-electron chi connectivity index (χ3n) is 14.4. The highest BCUT2D eigenvalue weighted by Gasteiger charge is 2.42. The first kappa shape index (κ1) is 80.9. The van der Waals surface area contributed by atoms with E-state index >= 15 is 0 Å². The number of amides is 9. The molecule has 0 aromatic heterocycles. The van der Waals surface area contributed by atoms with Gasteiger partial charge in [0.1, 0.15) is 32.5 Å². The third-order valence-corrected chi connectivity index (χ3v) is 14.4. The number of nitrogens with two attached hydrogens (primary N) is 1. The van der Waals surface area contributed by atoms with Crippen molar-refractivity contribution in [3.05, 3.63) is 214 Å². The minimum Gasteiger partial charge on any atom is -0.463 e. The van der Waals surface area contributed by atoms with E-state index in [1.807, 2.05) is 128 Å². The van der Waals surface area contributed by atoms with Crippen molar-refractivity contribution in [2.24, 2.45) is 16.6 Å². The van der Waals surface area contributed by atoms with Gasteiger partial charge in [-0.15, -0.1) is 0 Å². The molecule has 27 nitrogen and oxygen atoms in total. The first-order chi connectivity index (χ1) is 47.1. The molecule has 3 aliphatic heterocycles. The Hall–Kier alpha value is -10.6. The number of carbonyl (C=O) groups excluding carboxylic acids is 10. The predicted molar refractivity (Wildman–Crippen MR) is 364 cm³/mol. The number of benzene rings is 6. The molecule has 3 aliphatic rings. The van der Waals surface area contributed by atoms with E-state index in [-0.39, 0.29) is 94.5 Å². The molecule has 3 heterocycles. The molecular formula is C72H90N8O19. The molecule has 6 aromatic rings. The number of nitrogens with one attached hydrogen (secondary N) is 6. The lowest BCUT2D eigenvalue weighted by molar-refractivity contribution is -0.145. The fourth-order valence-corrected chi connectivity index (χ4v) is 8.39. The zero-order valence-corrected chi connectivity index (χ0v) is 56.6. The van der Waals surface area contributed by atoms with Gasteiger partial charge < -0.3 is 76.4 Å². The molecule has 99 heavy (non-hydrogen) atoms. The quantitative estimate of drug-likeness (QED) is 0.0209. The normalized spacial score (nSPS) is 15.1. The van der Waals surface area contributed by atoms with E-state index in [1.165, 1.54) is 0 Å². The number of esters is 1. The molecule has 6 atom stereocenters. The van der Waals surface area contributed by atoms with Crippen LogP contribution in [0.1, 0.15) is 119 Å². The first-order valence-electron chi connectivity index (χ1n) is 31.6. The highest BCUT2D eigenvalue weighted by Crippen LogP contribution is 2.28.